The number of rotatable bonds is 7. The lowest BCUT2D eigenvalue weighted by Crippen LogP contribution is -2.58. The number of sulfone groups is 1. The summed E-state index contributed by atoms with van der Waals surface area (Å²) in [6, 6.07) is 7.09. The van der Waals surface area contributed by atoms with Crippen molar-refractivity contribution in [2.75, 3.05) is 43.1 Å². The lowest BCUT2D eigenvalue weighted by molar-refractivity contribution is -0.139. The molecule has 3 unspecified atom stereocenters. The number of amides is 2. The fraction of sp³-hybridized carbons (Fsp3) is 0.704. The van der Waals surface area contributed by atoms with E-state index < -0.39 is 15.9 Å². The van der Waals surface area contributed by atoms with Gasteiger partial charge in [-0.1, -0.05) is 39.0 Å². The molecule has 5 atom stereocenters. The van der Waals surface area contributed by atoms with Crippen LogP contribution in [0.2, 0.25) is 0 Å². The van der Waals surface area contributed by atoms with Crippen LogP contribution in [0.15, 0.2) is 24.3 Å². The Kier molecular flexibility index (Phi) is 7.20. The molecule has 9 heteroatoms. The lowest BCUT2D eigenvalue weighted by Gasteiger charge is -2.43. The molecule has 1 aromatic rings. The van der Waals surface area contributed by atoms with Crippen LogP contribution in [0, 0.1) is 29.6 Å². The quantitative estimate of drug-likeness (QED) is 0.571. The summed E-state index contributed by atoms with van der Waals surface area (Å²) < 4.78 is 23.1. The molecule has 1 aliphatic heterocycles. The Balaban J connectivity index is 1.49. The summed E-state index contributed by atoms with van der Waals surface area (Å²) in [6.45, 7) is 11.6. The monoisotopic (exact) mass is 518 g/mol. The van der Waals surface area contributed by atoms with Gasteiger partial charge in [-0.2, -0.15) is 0 Å². The molecule has 0 spiro atoms. The summed E-state index contributed by atoms with van der Waals surface area (Å²) in [7, 11) is -3.21. The van der Waals surface area contributed by atoms with Crippen molar-refractivity contribution in [2.24, 2.45) is 28.4 Å². The summed E-state index contributed by atoms with van der Waals surface area (Å²) >= 11 is 0. The number of para-hydroxylation sites is 1. The molecule has 2 saturated carbocycles. The van der Waals surface area contributed by atoms with E-state index in [9.17, 15) is 18.0 Å². The maximum atomic E-state index is 14.0. The molecule has 1 heterocycles. The van der Waals surface area contributed by atoms with E-state index in [0.29, 0.717) is 13.1 Å². The summed E-state index contributed by atoms with van der Waals surface area (Å²) in [4.78, 5) is 31.4. The van der Waals surface area contributed by atoms with Gasteiger partial charge in [0.2, 0.25) is 11.8 Å². The standard InChI is InChI=1S/C27H42N4O4S/c1-18-8-6-7-9-21(18)30-13-15-31(16-14-30)25(33)22-19-10-12-27(4,26(19,2)3)23(22)29-24(32)20(28)11-17-36(5,34)35/h6-9,19-20,22-23H,10-17,28H2,1-5H3,(H,29,32)/t19?,20?,22-,23?,27-/m0/s1. The fourth-order valence-corrected chi connectivity index (χ4v) is 7.65. The number of nitrogens with zero attached hydrogens (tertiary/aromatic N) is 2. The van der Waals surface area contributed by atoms with Crippen LogP contribution in [0.3, 0.4) is 0 Å². The third kappa shape index (κ3) is 4.76. The molecule has 1 aromatic carbocycles. The van der Waals surface area contributed by atoms with Crippen LogP contribution in [-0.4, -0.2) is 75.4 Å². The first kappa shape index (κ1) is 26.9. The van der Waals surface area contributed by atoms with Gasteiger partial charge in [0.1, 0.15) is 9.84 Å². The number of nitrogens with one attached hydrogen (secondary N) is 1. The highest BCUT2D eigenvalue weighted by atomic mass is 32.2. The number of aryl methyl sites for hydroxylation is 1. The molecule has 3 fully saturated rings. The third-order valence-electron chi connectivity index (χ3n) is 9.62. The van der Waals surface area contributed by atoms with Gasteiger partial charge in [-0.25, -0.2) is 8.42 Å². The maximum Gasteiger partial charge on any atom is 0.237 e. The maximum absolute atomic E-state index is 14.0. The Hall–Kier alpha value is -2.13. The van der Waals surface area contributed by atoms with Gasteiger partial charge in [-0.05, 0) is 54.6 Å². The number of nitrogens with two attached hydrogens (primary N) is 1. The van der Waals surface area contributed by atoms with Crippen LogP contribution in [0.5, 0.6) is 0 Å². The molecule has 0 aromatic heterocycles. The second-order valence-corrected chi connectivity index (χ2v) is 14.2. The first-order valence-electron chi connectivity index (χ1n) is 13.1. The van der Waals surface area contributed by atoms with Crippen molar-refractivity contribution >= 4 is 27.3 Å². The normalized spacial score (nSPS) is 30.3. The molecule has 2 aliphatic carbocycles. The van der Waals surface area contributed by atoms with Crippen LogP contribution in [-0.2, 0) is 19.4 Å². The number of anilines is 1. The van der Waals surface area contributed by atoms with E-state index in [-0.39, 0.29) is 52.7 Å². The smallest absolute Gasteiger partial charge is 0.237 e. The average molecular weight is 519 g/mol. The van der Waals surface area contributed by atoms with Crippen molar-refractivity contribution < 1.29 is 18.0 Å². The highest BCUT2D eigenvalue weighted by Crippen LogP contribution is 2.67. The number of hydrogen-bond donors (Lipinski definition) is 2. The molecule has 3 N–H and O–H groups in total. The van der Waals surface area contributed by atoms with Gasteiger partial charge in [0.25, 0.3) is 0 Å². The van der Waals surface area contributed by atoms with Crippen molar-refractivity contribution in [3.8, 4) is 0 Å². The average Bonchev–Trinajstić information content (AvgIpc) is 3.14. The van der Waals surface area contributed by atoms with Gasteiger partial charge in [0, 0.05) is 44.2 Å². The van der Waals surface area contributed by atoms with Crippen molar-refractivity contribution in [3.63, 3.8) is 0 Å². The number of piperazine rings is 1. The van der Waals surface area contributed by atoms with Crippen molar-refractivity contribution in [3.05, 3.63) is 29.8 Å². The summed E-state index contributed by atoms with van der Waals surface area (Å²) in [5.41, 5.74) is 8.19. The van der Waals surface area contributed by atoms with E-state index in [0.717, 1.165) is 32.2 Å². The van der Waals surface area contributed by atoms with Crippen molar-refractivity contribution in [1.29, 1.82) is 0 Å². The highest BCUT2D eigenvalue weighted by Gasteiger charge is 2.68. The van der Waals surface area contributed by atoms with E-state index in [2.05, 4.69) is 50.0 Å². The molecule has 8 nitrogen and oxygen atoms in total. The Morgan fingerprint density at radius 3 is 2.39 bits per heavy atom. The summed E-state index contributed by atoms with van der Waals surface area (Å²) in [5.74, 6) is -0.492. The van der Waals surface area contributed by atoms with E-state index in [4.69, 9.17) is 5.73 Å². The van der Waals surface area contributed by atoms with Crippen molar-refractivity contribution in [1.82, 2.24) is 10.2 Å². The molecule has 36 heavy (non-hydrogen) atoms. The summed E-state index contributed by atoms with van der Waals surface area (Å²) in [5, 5.41) is 3.14. The molecule has 4 rings (SSSR count). The SMILES string of the molecule is Cc1ccccc1N1CCN(C(=O)[C@H]2C3CC[C@@](C)(C2NC(=O)C(N)CCS(C)(=O)=O)C3(C)C)CC1. The van der Waals surface area contributed by atoms with Gasteiger partial charge < -0.3 is 20.9 Å². The number of hydrogen-bond acceptors (Lipinski definition) is 6. The van der Waals surface area contributed by atoms with Crippen LogP contribution in [0.25, 0.3) is 0 Å². The lowest BCUT2D eigenvalue weighted by atomic mass is 9.69. The number of benzene rings is 1. The second kappa shape index (κ2) is 9.63. The fourth-order valence-electron chi connectivity index (χ4n) is 6.97. The minimum absolute atomic E-state index is 0.0698. The van der Waals surface area contributed by atoms with E-state index >= 15 is 0 Å². The van der Waals surface area contributed by atoms with Gasteiger partial charge in [0.15, 0.2) is 0 Å². The zero-order valence-corrected chi connectivity index (χ0v) is 23.1. The minimum atomic E-state index is -3.21. The van der Waals surface area contributed by atoms with E-state index in [1.54, 1.807) is 0 Å². The van der Waals surface area contributed by atoms with Crippen molar-refractivity contribution in [2.45, 2.75) is 59.0 Å². The molecule has 2 bridgehead atoms. The second-order valence-electron chi connectivity index (χ2n) is 11.9. The Morgan fingerprint density at radius 1 is 1.14 bits per heavy atom. The molecule has 2 amide bonds. The number of carbonyl (C=O) groups is 2. The zero-order valence-electron chi connectivity index (χ0n) is 22.3. The Morgan fingerprint density at radius 2 is 1.78 bits per heavy atom. The van der Waals surface area contributed by atoms with Gasteiger partial charge in [0.05, 0.1) is 17.7 Å². The topological polar surface area (TPSA) is 113 Å². The predicted molar refractivity (Wildman–Crippen MR) is 142 cm³/mol. The van der Waals surface area contributed by atoms with Crippen LogP contribution in [0.1, 0.15) is 45.6 Å². The van der Waals surface area contributed by atoms with Gasteiger partial charge in [-0.3, -0.25) is 9.59 Å². The molecular weight excluding hydrogens is 476 g/mol. The largest absolute Gasteiger partial charge is 0.368 e. The number of fused-ring (bicyclic) bond motifs is 2. The van der Waals surface area contributed by atoms with E-state index in [1.807, 2.05) is 17.0 Å². The van der Waals surface area contributed by atoms with Crippen LogP contribution >= 0.6 is 0 Å². The molecule has 200 valence electrons. The molecular formula is C27H42N4O4S. The number of carbonyl (C=O) groups excluding carboxylic acids is 2. The molecule has 0 radical (unpaired) electrons. The molecule has 1 saturated heterocycles. The van der Waals surface area contributed by atoms with Gasteiger partial charge in [-0.15, -0.1) is 0 Å². The Bertz CT molecular complexity index is 1110. The summed E-state index contributed by atoms with van der Waals surface area (Å²) in [6.07, 6.45) is 3.12. The van der Waals surface area contributed by atoms with E-state index in [1.165, 1.54) is 11.3 Å². The predicted octanol–water partition coefficient (Wildman–Crippen LogP) is 1.96. The first-order chi connectivity index (χ1) is 16.8. The van der Waals surface area contributed by atoms with Crippen LogP contribution < -0.4 is 16.0 Å². The Labute approximate surface area is 215 Å². The van der Waals surface area contributed by atoms with Crippen LogP contribution in [0.4, 0.5) is 5.69 Å². The van der Waals surface area contributed by atoms with Gasteiger partial charge >= 0.3 is 0 Å². The first-order valence-corrected chi connectivity index (χ1v) is 15.2. The zero-order chi connectivity index (χ0) is 26.5. The molecule has 3 aliphatic rings. The minimum Gasteiger partial charge on any atom is -0.368 e. The third-order valence-corrected chi connectivity index (χ3v) is 10.6. The highest BCUT2D eigenvalue weighted by molar-refractivity contribution is 7.90.